The molecular weight excluding hydrogens is 371 g/mol. The Bertz CT molecular complexity index is 854. The molecule has 22 heavy (non-hydrogen) atoms. The summed E-state index contributed by atoms with van der Waals surface area (Å²) in [5, 5.41) is 0.449. The van der Waals surface area contributed by atoms with Crippen molar-refractivity contribution in [2.45, 2.75) is 4.90 Å². The zero-order chi connectivity index (χ0) is 16.5. The van der Waals surface area contributed by atoms with E-state index in [0.717, 1.165) is 0 Å². The normalized spacial score (nSPS) is 11.2. The predicted octanol–water partition coefficient (Wildman–Crippen LogP) is 3.55. The monoisotopic (exact) mass is 378 g/mol. The minimum atomic E-state index is -3.95. The molecule has 0 unspecified atom stereocenters. The highest BCUT2D eigenvalue weighted by Crippen LogP contribution is 2.28. The zero-order valence-corrected chi connectivity index (χ0v) is 13.9. The van der Waals surface area contributed by atoms with Gasteiger partial charge in [0.05, 0.1) is 25.7 Å². The van der Waals surface area contributed by atoms with Gasteiger partial charge in [0.1, 0.15) is 0 Å². The van der Waals surface area contributed by atoms with Crippen molar-refractivity contribution in [3.8, 4) is 0 Å². The molecule has 0 aliphatic rings. The molecule has 116 valence electrons. The maximum atomic E-state index is 12.3. The quantitative estimate of drug-likeness (QED) is 0.851. The molecule has 0 bridgehead atoms. The first kappa shape index (κ1) is 16.9. The summed E-state index contributed by atoms with van der Waals surface area (Å²) >= 11 is 17.5. The lowest BCUT2D eigenvalue weighted by Gasteiger charge is -2.11. The maximum Gasteiger partial charge on any atom is 0.261 e. The van der Waals surface area contributed by atoms with E-state index in [0.29, 0.717) is 0 Å². The smallest absolute Gasteiger partial charge is 0.261 e. The molecule has 0 aromatic heterocycles. The number of anilines is 1. The second-order valence-electron chi connectivity index (χ2n) is 4.24. The van der Waals surface area contributed by atoms with Gasteiger partial charge in [0.15, 0.2) is 0 Å². The van der Waals surface area contributed by atoms with Crippen molar-refractivity contribution in [3.05, 3.63) is 57.0 Å². The summed E-state index contributed by atoms with van der Waals surface area (Å²) in [5.41, 5.74) is 5.31. The van der Waals surface area contributed by atoms with Crippen LogP contribution in [-0.2, 0) is 10.0 Å². The molecule has 0 atom stereocenters. The van der Waals surface area contributed by atoms with E-state index in [4.69, 9.17) is 40.5 Å². The van der Waals surface area contributed by atoms with Crippen LogP contribution in [0.2, 0.25) is 15.1 Å². The molecule has 9 heteroatoms. The van der Waals surface area contributed by atoms with Crippen molar-refractivity contribution in [2.75, 3.05) is 4.72 Å². The van der Waals surface area contributed by atoms with E-state index in [1.54, 1.807) is 0 Å². The lowest BCUT2D eigenvalue weighted by molar-refractivity contribution is 0.100. The standard InChI is InChI=1S/C13H9Cl3N2O3S/c14-9-4-2-8(6-11(9)16)22(20,21)18-12-5-7(13(17)19)1-3-10(12)15/h1-6,18H,(H2,17,19). The Hall–Kier alpha value is -1.47. The summed E-state index contributed by atoms with van der Waals surface area (Å²) < 4.78 is 26.9. The topological polar surface area (TPSA) is 89.3 Å². The van der Waals surface area contributed by atoms with E-state index in [9.17, 15) is 13.2 Å². The average Bonchev–Trinajstić information content (AvgIpc) is 2.43. The second kappa shape index (κ2) is 6.34. The molecule has 2 aromatic carbocycles. The Morgan fingerprint density at radius 2 is 1.59 bits per heavy atom. The largest absolute Gasteiger partial charge is 0.366 e. The Kier molecular flexibility index (Phi) is 4.87. The SMILES string of the molecule is NC(=O)c1ccc(Cl)c(NS(=O)(=O)c2ccc(Cl)c(Cl)c2)c1. The zero-order valence-electron chi connectivity index (χ0n) is 10.8. The molecule has 0 heterocycles. The molecule has 0 saturated heterocycles. The number of benzene rings is 2. The number of amides is 1. The van der Waals surface area contributed by atoms with Gasteiger partial charge in [-0.2, -0.15) is 0 Å². The molecule has 5 nitrogen and oxygen atoms in total. The van der Waals surface area contributed by atoms with Gasteiger partial charge in [0.25, 0.3) is 10.0 Å². The first-order valence-electron chi connectivity index (χ1n) is 5.78. The molecule has 2 aromatic rings. The summed E-state index contributed by atoms with van der Waals surface area (Å²) in [6, 6.07) is 7.87. The van der Waals surface area contributed by atoms with Crippen molar-refractivity contribution < 1.29 is 13.2 Å². The minimum Gasteiger partial charge on any atom is -0.366 e. The van der Waals surface area contributed by atoms with E-state index >= 15 is 0 Å². The molecule has 0 fully saturated rings. The molecule has 0 saturated carbocycles. The fraction of sp³-hybridized carbons (Fsp3) is 0. The number of rotatable bonds is 4. The van der Waals surface area contributed by atoms with Crippen molar-refractivity contribution in [1.82, 2.24) is 0 Å². The third kappa shape index (κ3) is 3.64. The van der Waals surface area contributed by atoms with E-state index in [2.05, 4.69) is 4.72 Å². The van der Waals surface area contributed by atoms with Crippen LogP contribution in [0.4, 0.5) is 5.69 Å². The van der Waals surface area contributed by atoms with E-state index in [1.807, 2.05) is 0 Å². The first-order valence-corrected chi connectivity index (χ1v) is 8.39. The fourth-order valence-electron chi connectivity index (χ4n) is 1.60. The number of halogens is 3. The average molecular weight is 380 g/mol. The Labute approximate surface area is 142 Å². The van der Waals surface area contributed by atoms with Crippen LogP contribution in [0, 0.1) is 0 Å². The van der Waals surface area contributed by atoms with E-state index in [-0.39, 0.29) is 31.2 Å². The Morgan fingerprint density at radius 1 is 0.955 bits per heavy atom. The van der Waals surface area contributed by atoms with Gasteiger partial charge in [-0.25, -0.2) is 8.42 Å². The van der Waals surface area contributed by atoms with Gasteiger partial charge in [-0.1, -0.05) is 34.8 Å². The van der Waals surface area contributed by atoms with Crippen LogP contribution in [0.1, 0.15) is 10.4 Å². The molecule has 0 aliphatic heterocycles. The molecule has 0 radical (unpaired) electrons. The molecule has 0 aliphatic carbocycles. The van der Waals surface area contributed by atoms with Crippen LogP contribution in [0.3, 0.4) is 0 Å². The van der Waals surface area contributed by atoms with Gasteiger partial charge in [0, 0.05) is 5.56 Å². The van der Waals surface area contributed by atoms with E-state index < -0.39 is 15.9 Å². The van der Waals surface area contributed by atoms with Crippen molar-refractivity contribution >= 4 is 56.4 Å². The lowest BCUT2D eigenvalue weighted by atomic mass is 10.2. The van der Waals surface area contributed by atoms with Gasteiger partial charge >= 0.3 is 0 Å². The van der Waals surface area contributed by atoms with Crippen LogP contribution in [0.15, 0.2) is 41.3 Å². The van der Waals surface area contributed by atoms with Gasteiger partial charge < -0.3 is 5.73 Å². The van der Waals surface area contributed by atoms with Crippen LogP contribution in [0.5, 0.6) is 0 Å². The highest BCUT2D eigenvalue weighted by atomic mass is 35.5. The lowest BCUT2D eigenvalue weighted by Crippen LogP contribution is -2.15. The van der Waals surface area contributed by atoms with Gasteiger partial charge in [-0.3, -0.25) is 9.52 Å². The third-order valence-electron chi connectivity index (χ3n) is 2.70. The number of nitrogens with one attached hydrogen (secondary N) is 1. The first-order chi connectivity index (χ1) is 10.2. The summed E-state index contributed by atoms with van der Waals surface area (Å²) in [4.78, 5) is 11.1. The summed E-state index contributed by atoms with van der Waals surface area (Å²) in [7, 11) is -3.95. The highest BCUT2D eigenvalue weighted by Gasteiger charge is 2.18. The Morgan fingerprint density at radius 3 is 2.18 bits per heavy atom. The van der Waals surface area contributed by atoms with Crippen LogP contribution in [-0.4, -0.2) is 14.3 Å². The fourth-order valence-corrected chi connectivity index (χ4v) is 3.28. The van der Waals surface area contributed by atoms with Gasteiger partial charge in [0.2, 0.25) is 5.91 Å². The van der Waals surface area contributed by atoms with Gasteiger partial charge in [-0.05, 0) is 36.4 Å². The number of hydrogen-bond acceptors (Lipinski definition) is 3. The molecule has 1 amide bonds. The summed E-state index contributed by atoms with van der Waals surface area (Å²) in [6.07, 6.45) is 0. The van der Waals surface area contributed by atoms with Crippen molar-refractivity contribution in [1.29, 1.82) is 0 Å². The minimum absolute atomic E-state index is 0.0315. The maximum absolute atomic E-state index is 12.3. The molecule has 3 N–H and O–H groups in total. The second-order valence-corrected chi connectivity index (χ2v) is 7.14. The summed E-state index contributed by atoms with van der Waals surface area (Å²) in [5.74, 6) is -0.702. The molecular formula is C13H9Cl3N2O3S. The van der Waals surface area contributed by atoms with Crippen LogP contribution >= 0.6 is 34.8 Å². The molecule has 2 rings (SSSR count). The van der Waals surface area contributed by atoms with Crippen LogP contribution < -0.4 is 10.5 Å². The summed E-state index contributed by atoms with van der Waals surface area (Å²) in [6.45, 7) is 0. The number of nitrogens with two attached hydrogens (primary N) is 1. The van der Waals surface area contributed by atoms with Crippen molar-refractivity contribution in [3.63, 3.8) is 0 Å². The van der Waals surface area contributed by atoms with Crippen molar-refractivity contribution in [2.24, 2.45) is 5.73 Å². The van der Waals surface area contributed by atoms with E-state index in [1.165, 1.54) is 36.4 Å². The number of carbonyl (C=O) groups is 1. The number of carbonyl (C=O) groups excluding carboxylic acids is 1. The third-order valence-corrected chi connectivity index (χ3v) is 5.13. The predicted molar refractivity (Wildman–Crippen MR) is 87.2 cm³/mol. The number of sulfonamides is 1. The Balaban J connectivity index is 2.42. The van der Waals surface area contributed by atoms with Crippen LogP contribution in [0.25, 0.3) is 0 Å². The highest BCUT2D eigenvalue weighted by molar-refractivity contribution is 7.92. The molecule has 0 spiro atoms. The van der Waals surface area contributed by atoms with Gasteiger partial charge in [-0.15, -0.1) is 0 Å². The number of hydrogen-bond donors (Lipinski definition) is 2. The number of primary amides is 1.